The van der Waals surface area contributed by atoms with E-state index in [1.54, 1.807) is 0 Å². The van der Waals surface area contributed by atoms with E-state index in [2.05, 4.69) is 27.2 Å². The molecule has 0 rings (SSSR count). The zero-order chi connectivity index (χ0) is 6.78. The number of carbonyl (C=O) groups is 1. The summed E-state index contributed by atoms with van der Waals surface area (Å²) < 4.78 is 21.3. The van der Waals surface area contributed by atoms with Crippen LogP contribution in [0.5, 0.6) is 0 Å². The van der Waals surface area contributed by atoms with Gasteiger partial charge in [0.2, 0.25) is 0 Å². The Morgan fingerprint density at radius 3 is 1.88 bits per heavy atom. The van der Waals surface area contributed by atoms with Crippen molar-refractivity contribution >= 4 is 38.2 Å². The Balaban J connectivity index is 4.42. The molecule has 0 aromatic rings. The van der Waals surface area contributed by atoms with Crippen LogP contribution in [-0.4, -0.2) is 13.0 Å². The van der Waals surface area contributed by atoms with Gasteiger partial charge in [-0.15, -0.1) is 3.74 Å². The molecule has 0 spiro atoms. The van der Waals surface area contributed by atoms with Crippen molar-refractivity contribution in [1.29, 1.82) is 0 Å². The van der Waals surface area contributed by atoms with Crippen LogP contribution in [-0.2, 0) is 13.9 Å². The first-order valence-electron chi connectivity index (χ1n) is 1.25. The van der Waals surface area contributed by atoms with Gasteiger partial charge in [-0.2, -0.15) is 8.42 Å². The Hall–Kier alpha value is 0.160. The highest BCUT2D eigenvalue weighted by Crippen LogP contribution is 2.01. The monoisotopic (exact) mass is 178 g/mol. The zero-order valence-corrected chi connectivity index (χ0v) is 5.63. The van der Waals surface area contributed by atoms with Gasteiger partial charge < -0.3 is 0 Å². The standard InChI is InChI=1S/CCl2O4S/c2-1(4)8(5,6)7-3. The smallest absolute Gasteiger partial charge is 0.260 e. The van der Waals surface area contributed by atoms with Gasteiger partial charge in [0.1, 0.15) is 0 Å². The zero-order valence-electron chi connectivity index (χ0n) is 3.30. The van der Waals surface area contributed by atoms with Gasteiger partial charge >= 0.3 is 14.7 Å². The van der Waals surface area contributed by atoms with E-state index in [1.165, 1.54) is 0 Å². The highest BCUT2D eigenvalue weighted by atomic mass is 35.5. The van der Waals surface area contributed by atoms with Crippen molar-refractivity contribution in [3.05, 3.63) is 0 Å². The minimum atomic E-state index is -4.34. The van der Waals surface area contributed by atoms with Gasteiger partial charge in [-0.3, -0.25) is 4.79 Å². The summed E-state index contributed by atoms with van der Waals surface area (Å²) in [4.78, 5) is 9.66. The summed E-state index contributed by atoms with van der Waals surface area (Å²) in [5.41, 5.74) is 0. The van der Waals surface area contributed by atoms with Crippen molar-refractivity contribution in [1.82, 2.24) is 0 Å². The highest BCUT2D eigenvalue weighted by molar-refractivity contribution is 8.05. The van der Waals surface area contributed by atoms with Crippen LogP contribution >= 0.6 is 23.5 Å². The van der Waals surface area contributed by atoms with Crippen LogP contribution in [0, 0.1) is 0 Å². The molecule has 0 heterocycles. The maximum atomic E-state index is 9.86. The van der Waals surface area contributed by atoms with Crippen LogP contribution in [0.3, 0.4) is 0 Å². The second-order valence-corrected chi connectivity index (χ2v) is 3.11. The highest BCUT2D eigenvalue weighted by Gasteiger charge is 2.19. The van der Waals surface area contributed by atoms with Gasteiger partial charge in [-0.25, -0.2) is 0 Å². The summed E-state index contributed by atoms with van der Waals surface area (Å²) >= 11 is 8.73. The molecular weight excluding hydrogens is 179 g/mol. The van der Waals surface area contributed by atoms with Gasteiger partial charge in [0, 0.05) is 0 Å². The molecule has 0 aliphatic carbocycles. The van der Waals surface area contributed by atoms with E-state index >= 15 is 0 Å². The first-order valence-corrected chi connectivity index (χ1v) is 3.35. The number of carbonyl (C=O) groups excluding carboxylic acids is 1. The number of halogens is 2. The molecule has 0 bridgehead atoms. The van der Waals surface area contributed by atoms with Gasteiger partial charge in [0.05, 0.1) is 11.9 Å². The lowest BCUT2D eigenvalue weighted by molar-refractivity contribution is 0.272. The lowest BCUT2D eigenvalue weighted by Crippen LogP contribution is -2.04. The van der Waals surface area contributed by atoms with Crippen molar-refractivity contribution in [2.45, 2.75) is 0 Å². The Kier molecular flexibility index (Phi) is 2.68. The third-order valence-electron chi connectivity index (χ3n) is 0.279. The minimum absolute atomic E-state index is 1.63. The SMILES string of the molecule is O=C(Cl)S(=O)(=O)OCl. The molecule has 0 aliphatic heterocycles. The Morgan fingerprint density at radius 2 is 1.88 bits per heavy atom. The van der Waals surface area contributed by atoms with E-state index in [0.717, 1.165) is 0 Å². The fourth-order valence-electron chi connectivity index (χ4n) is 0.0248. The minimum Gasteiger partial charge on any atom is -0.260 e. The van der Waals surface area contributed by atoms with E-state index in [4.69, 9.17) is 0 Å². The molecule has 0 unspecified atom stereocenters. The van der Waals surface area contributed by atoms with Crippen molar-refractivity contribution < 1.29 is 16.9 Å². The normalized spacial score (nSPS) is 11.2. The molecule has 4 nitrogen and oxygen atoms in total. The molecule has 0 fully saturated rings. The van der Waals surface area contributed by atoms with Crippen molar-refractivity contribution in [2.75, 3.05) is 0 Å². The van der Waals surface area contributed by atoms with Crippen LogP contribution in [0.4, 0.5) is 4.79 Å². The fraction of sp³-hybridized carbons (Fsp3) is 0. The van der Waals surface area contributed by atoms with Crippen LogP contribution in [0.15, 0.2) is 0 Å². The lowest BCUT2D eigenvalue weighted by Gasteiger charge is -1.84. The molecule has 0 amide bonds. The van der Waals surface area contributed by atoms with Gasteiger partial charge in [-0.1, -0.05) is 0 Å². The Bertz CT molecular complexity index is 180. The summed E-state index contributed by atoms with van der Waals surface area (Å²) in [6.45, 7) is 0. The Morgan fingerprint density at radius 1 is 1.50 bits per heavy atom. The number of hydrogen-bond acceptors (Lipinski definition) is 4. The fourth-order valence-corrected chi connectivity index (χ4v) is 0.437. The molecule has 48 valence electrons. The predicted molar refractivity (Wildman–Crippen MR) is 27.1 cm³/mol. The van der Waals surface area contributed by atoms with Crippen LogP contribution < -0.4 is 0 Å². The molecule has 0 saturated carbocycles. The predicted octanol–water partition coefficient (Wildman–Crippen LogP) is 0.845. The second kappa shape index (κ2) is 2.63. The summed E-state index contributed by atoms with van der Waals surface area (Å²) in [7, 11) is -4.34. The van der Waals surface area contributed by atoms with Crippen molar-refractivity contribution in [2.24, 2.45) is 0 Å². The van der Waals surface area contributed by atoms with Crippen LogP contribution in [0.2, 0.25) is 0 Å². The molecule has 0 atom stereocenters. The number of rotatable bonds is 1. The Labute approximate surface area is 55.6 Å². The molecule has 0 N–H and O–H groups in total. The van der Waals surface area contributed by atoms with Gasteiger partial charge in [-0.05, 0) is 11.6 Å². The number of hydrogen-bond donors (Lipinski definition) is 0. The van der Waals surface area contributed by atoms with Gasteiger partial charge in [0.15, 0.2) is 0 Å². The van der Waals surface area contributed by atoms with E-state index < -0.39 is 14.7 Å². The summed E-state index contributed by atoms with van der Waals surface area (Å²) in [5, 5.41) is 0. The largest absolute Gasteiger partial charge is 0.365 e. The maximum Gasteiger partial charge on any atom is 0.365 e. The van der Waals surface area contributed by atoms with Crippen molar-refractivity contribution in [3.8, 4) is 0 Å². The summed E-state index contributed by atoms with van der Waals surface area (Å²) in [5.74, 6) is 0. The van der Waals surface area contributed by atoms with Crippen LogP contribution in [0.25, 0.3) is 0 Å². The maximum absolute atomic E-state index is 9.86. The molecule has 0 radical (unpaired) electrons. The van der Waals surface area contributed by atoms with E-state index in [1.807, 2.05) is 0 Å². The molecule has 8 heavy (non-hydrogen) atoms. The van der Waals surface area contributed by atoms with E-state index in [9.17, 15) is 13.2 Å². The molecular formula is CCl2O4S. The van der Waals surface area contributed by atoms with Gasteiger partial charge in [0.25, 0.3) is 0 Å². The van der Waals surface area contributed by atoms with Crippen molar-refractivity contribution in [3.63, 3.8) is 0 Å². The molecule has 0 aromatic heterocycles. The molecule has 0 saturated heterocycles. The van der Waals surface area contributed by atoms with Crippen LogP contribution in [0.1, 0.15) is 0 Å². The molecule has 0 aliphatic rings. The molecule has 7 heteroatoms. The quantitative estimate of drug-likeness (QED) is 0.559. The third-order valence-corrected chi connectivity index (χ3v) is 1.90. The second-order valence-electron chi connectivity index (χ2n) is 0.755. The van der Waals surface area contributed by atoms with E-state index in [-0.39, 0.29) is 0 Å². The first-order chi connectivity index (χ1) is 3.50. The average molecular weight is 179 g/mol. The summed E-state index contributed by atoms with van der Waals surface area (Å²) in [6, 6.07) is 0. The van der Waals surface area contributed by atoms with E-state index in [0.29, 0.717) is 0 Å². The molecule has 0 aromatic carbocycles. The third kappa shape index (κ3) is 1.95. The summed E-state index contributed by atoms with van der Waals surface area (Å²) in [6.07, 6.45) is 0. The first kappa shape index (κ1) is 8.16. The average Bonchev–Trinajstić information content (AvgIpc) is 1.67. The lowest BCUT2D eigenvalue weighted by atomic mass is 11.8. The topological polar surface area (TPSA) is 60.4 Å².